The van der Waals surface area contributed by atoms with Gasteiger partial charge >= 0.3 is 5.97 Å². The van der Waals surface area contributed by atoms with Gasteiger partial charge in [-0.05, 0) is 31.8 Å². The fourth-order valence-corrected chi connectivity index (χ4v) is 3.13. The van der Waals surface area contributed by atoms with E-state index >= 15 is 0 Å². The molecule has 0 aromatic carbocycles. The average molecular weight is 288 g/mol. The van der Waals surface area contributed by atoms with Crippen LogP contribution in [0.2, 0.25) is 0 Å². The molecule has 0 aliphatic carbocycles. The standard InChI is InChI=1S/C13H24N2O3S/c1-2-10(7-13(17)18)8-15-12(16)9-19-11-3-5-14-6-4-11/h10-11,14H,2-9H2,1H3,(H,15,16)(H,17,18). The molecule has 110 valence electrons. The van der Waals surface area contributed by atoms with Gasteiger partial charge in [-0.2, -0.15) is 0 Å². The van der Waals surface area contributed by atoms with Crippen LogP contribution in [0, 0.1) is 5.92 Å². The summed E-state index contributed by atoms with van der Waals surface area (Å²) >= 11 is 1.71. The maximum Gasteiger partial charge on any atom is 0.303 e. The largest absolute Gasteiger partial charge is 0.481 e. The zero-order valence-electron chi connectivity index (χ0n) is 11.5. The van der Waals surface area contributed by atoms with Gasteiger partial charge in [-0.15, -0.1) is 11.8 Å². The van der Waals surface area contributed by atoms with Gasteiger partial charge < -0.3 is 15.7 Å². The number of thioether (sulfide) groups is 1. The van der Waals surface area contributed by atoms with Crippen molar-refractivity contribution in [2.45, 2.75) is 37.9 Å². The minimum absolute atomic E-state index is 0.0207. The van der Waals surface area contributed by atoms with Crippen LogP contribution in [0.5, 0.6) is 0 Å². The fraction of sp³-hybridized carbons (Fsp3) is 0.846. The number of carboxylic acids is 1. The van der Waals surface area contributed by atoms with E-state index in [2.05, 4.69) is 10.6 Å². The lowest BCUT2D eigenvalue weighted by molar-refractivity contribution is -0.138. The van der Waals surface area contributed by atoms with Gasteiger partial charge in [-0.3, -0.25) is 9.59 Å². The van der Waals surface area contributed by atoms with Gasteiger partial charge in [0.1, 0.15) is 0 Å². The smallest absolute Gasteiger partial charge is 0.303 e. The third kappa shape index (κ3) is 7.42. The molecule has 5 nitrogen and oxygen atoms in total. The van der Waals surface area contributed by atoms with Crippen LogP contribution in [0.25, 0.3) is 0 Å². The van der Waals surface area contributed by atoms with E-state index in [0.29, 0.717) is 17.5 Å². The minimum atomic E-state index is -0.801. The third-order valence-corrected chi connectivity index (χ3v) is 4.74. The summed E-state index contributed by atoms with van der Waals surface area (Å²) < 4.78 is 0. The number of rotatable bonds is 8. The summed E-state index contributed by atoms with van der Waals surface area (Å²) in [5.74, 6) is -0.267. The fourth-order valence-electron chi connectivity index (χ4n) is 2.07. The lowest BCUT2D eigenvalue weighted by Gasteiger charge is -2.22. The molecular weight excluding hydrogens is 264 g/mol. The quantitative estimate of drug-likeness (QED) is 0.623. The highest BCUT2D eigenvalue weighted by molar-refractivity contribution is 8.00. The molecule has 1 aliphatic heterocycles. The lowest BCUT2D eigenvalue weighted by Crippen LogP contribution is -2.33. The van der Waals surface area contributed by atoms with E-state index in [-0.39, 0.29) is 18.2 Å². The molecule has 0 saturated carbocycles. The summed E-state index contributed by atoms with van der Waals surface area (Å²) in [6.07, 6.45) is 3.13. The number of aliphatic carboxylic acids is 1. The van der Waals surface area contributed by atoms with E-state index in [1.807, 2.05) is 6.92 Å². The van der Waals surface area contributed by atoms with Crippen molar-refractivity contribution in [3.05, 3.63) is 0 Å². The van der Waals surface area contributed by atoms with E-state index in [1.165, 1.54) is 0 Å². The Bertz CT molecular complexity index is 294. The minimum Gasteiger partial charge on any atom is -0.481 e. The van der Waals surface area contributed by atoms with Crippen LogP contribution in [-0.4, -0.2) is 47.6 Å². The maximum atomic E-state index is 11.7. The van der Waals surface area contributed by atoms with Gasteiger partial charge in [0, 0.05) is 18.2 Å². The summed E-state index contributed by atoms with van der Waals surface area (Å²) in [5.41, 5.74) is 0. The first-order valence-electron chi connectivity index (χ1n) is 6.92. The molecule has 1 atom stereocenters. The second kappa shape index (κ2) is 9.20. The Labute approximate surface area is 118 Å². The normalized spacial score (nSPS) is 17.9. The van der Waals surface area contributed by atoms with Crippen LogP contribution in [0.4, 0.5) is 0 Å². The molecular formula is C13H24N2O3S. The van der Waals surface area contributed by atoms with Crippen LogP contribution in [-0.2, 0) is 9.59 Å². The van der Waals surface area contributed by atoms with Gasteiger partial charge in [0.15, 0.2) is 0 Å². The van der Waals surface area contributed by atoms with Gasteiger partial charge in [-0.25, -0.2) is 0 Å². The molecule has 19 heavy (non-hydrogen) atoms. The number of hydrogen-bond donors (Lipinski definition) is 3. The van der Waals surface area contributed by atoms with E-state index in [4.69, 9.17) is 5.11 Å². The van der Waals surface area contributed by atoms with Crippen LogP contribution < -0.4 is 10.6 Å². The third-order valence-electron chi connectivity index (χ3n) is 3.36. The summed E-state index contributed by atoms with van der Waals surface area (Å²) in [6.45, 7) is 4.49. The Morgan fingerprint density at radius 3 is 2.68 bits per heavy atom. The Balaban J connectivity index is 2.13. The zero-order valence-corrected chi connectivity index (χ0v) is 12.3. The molecule has 1 fully saturated rings. The van der Waals surface area contributed by atoms with E-state index in [1.54, 1.807) is 11.8 Å². The number of amides is 1. The van der Waals surface area contributed by atoms with Crippen LogP contribution >= 0.6 is 11.8 Å². The van der Waals surface area contributed by atoms with E-state index in [9.17, 15) is 9.59 Å². The number of piperidine rings is 1. The van der Waals surface area contributed by atoms with Crippen molar-refractivity contribution in [1.82, 2.24) is 10.6 Å². The van der Waals surface area contributed by atoms with Crippen LogP contribution in [0.15, 0.2) is 0 Å². The number of hydrogen-bond acceptors (Lipinski definition) is 4. The monoisotopic (exact) mass is 288 g/mol. The molecule has 1 saturated heterocycles. The van der Waals surface area contributed by atoms with Crippen molar-refractivity contribution >= 4 is 23.6 Å². The average Bonchev–Trinajstić information content (AvgIpc) is 2.42. The van der Waals surface area contributed by atoms with Crippen molar-refractivity contribution in [2.24, 2.45) is 5.92 Å². The number of carbonyl (C=O) groups is 2. The van der Waals surface area contributed by atoms with Crippen molar-refractivity contribution in [2.75, 3.05) is 25.4 Å². The zero-order chi connectivity index (χ0) is 14.1. The Hall–Kier alpha value is -0.750. The molecule has 1 rings (SSSR count). The molecule has 6 heteroatoms. The number of carboxylic acid groups (broad SMARTS) is 1. The van der Waals surface area contributed by atoms with Crippen molar-refractivity contribution < 1.29 is 14.7 Å². The summed E-state index contributed by atoms with van der Waals surface area (Å²) in [5, 5.41) is 15.4. The van der Waals surface area contributed by atoms with Crippen LogP contribution in [0.3, 0.4) is 0 Å². The molecule has 0 aromatic rings. The SMILES string of the molecule is CCC(CNC(=O)CSC1CCNCC1)CC(=O)O. The molecule has 1 heterocycles. The lowest BCUT2D eigenvalue weighted by atomic mass is 10.0. The molecule has 0 radical (unpaired) electrons. The first kappa shape index (κ1) is 16.3. The molecule has 1 amide bonds. The van der Waals surface area contributed by atoms with E-state index in [0.717, 1.165) is 32.4 Å². The molecule has 0 bridgehead atoms. The second-order valence-corrected chi connectivity index (χ2v) is 6.23. The summed E-state index contributed by atoms with van der Waals surface area (Å²) in [6, 6.07) is 0. The van der Waals surface area contributed by atoms with E-state index < -0.39 is 5.97 Å². The first-order chi connectivity index (χ1) is 9.11. The highest BCUT2D eigenvalue weighted by Crippen LogP contribution is 2.19. The Morgan fingerprint density at radius 2 is 2.11 bits per heavy atom. The highest BCUT2D eigenvalue weighted by atomic mass is 32.2. The number of nitrogens with one attached hydrogen (secondary N) is 2. The first-order valence-corrected chi connectivity index (χ1v) is 7.97. The van der Waals surface area contributed by atoms with Crippen molar-refractivity contribution in [1.29, 1.82) is 0 Å². The van der Waals surface area contributed by atoms with Crippen molar-refractivity contribution in [3.8, 4) is 0 Å². The summed E-state index contributed by atoms with van der Waals surface area (Å²) in [4.78, 5) is 22.3. The molecule has 3 N–H and O–H groups in total. The summed E-state index contributed by atoms with van der Waals surface area (Å²) in [7, 11) is 0. The van der Waals surface area contributed by atoms with Crippen molar-refractivity contribution in [3.63, 3.8) is 0 Å². The Kier molecular flexibility index (Phi) is 7.90. The second-order valence-electron chi connectivity index (χ2n) is 4.94. The van der Waals surface area contributed by atoms with Gasteiger partial charge in [0.05, 0.1) is 5.75 Å². The maximum absolute atomic E-state index is 11.7. The predicted molar refractivity (Wildman–Crippen MR) is 77.4 cm³/mol. The molecule has 1 unspecified atom stereocenters. The number of carbonyl (C=O) groups excluding carboxylic acids is 1. The Morgan fingerprint density at radius 1 is 1.42 bits per heavy atom. The van der Waals surface area contributed by atoms with Gasteiger partial charge in [-0.1, -0.05) is 13.3 Å². The topological polar surface area (TPSA) is 78.4 Å². The van der Waals surface area contributed by atoms with Gasteiger partial charge in [0.2, 0.25) is 5.91 Å². The molecule has 1 aliphatic rings. The highest BCUT2D eigenvalue weighted by Gasteiger charge is 2.16. The molecule has 0 spiro atoms. The van der Waals surface area contributed by atoms with Crippen LogP contribution in [0.1, 0.15) is 32.6 Å². The van der Waals surface area contributed by atoms with Gasteiger partial charge in [0.25, 0.3) is 0 Å². The predicted octanol–water partition coefficient (Wildman–Crippen LogP) is 1.09. The molecule has 0 aromatic heterocycles.